The Morgan fingerprint density at radius 1 is 1.20 bits per heavy atom. The number of aromatic nitrogens is 2. The molecule has 1 rings (SSSR count). The van der Waals surface area contributed by atoms with Crippen molar-refractivity contribution in [2.45, 2.75) is 52.3 Å². The highest BCUT2D eigenvalue weighted by Gasteiger charge is 2.35. The summed E-state index contributed by atoms with van der Waals surface area (Å²) in [5.41, 5.74) is 0. The van der Waals surface area contributed by atoms with Gasteiger partial charge in [0.05, 0.1) is 0 Å². The maximum absolute atomic E-state index is 12.6. The van der Waals surface area contributed by atoms with Crippen LogP contribution in [0.25, 0.3) is 0 Å². The molecule has 0 fully saturated rings. The summed E-state index contributed by atoms with van der Waals surface area (Å²) in [5, 5.41) is 2.72. The molecule has 0 aliphatic rings. The molecule has 1 aromatic heterocycles. The second kappa shape index (κ2) is 7.11. The van der Waals surface area contributed by atoms with Crippen LogP contribution in [0.5, 0.6) is 0 Å². The van der Waals surface area contributed by atoms with Crippen LogP contribution in [0, 0.1) is 5.92 Å². The highest BCUT2D eigenvalue weighted by atomic mass is 35.5. The normalized spacial score (nSPS) is 13.6. The van der Waals surface area contributed by atoms with E-state index in [4.69, 9.17) is 11.6 Å². The van der Waals surface area contributed by atoms with Crippen molar-refractivity contribution in [3.8, 4) is 0 Å². The van der Waals surface area contributed by atoms with Gasteiger partial charge in [-0.2, -0.15) is 13.2 Å². The molecule has 7 heteroatoms. The van der Waals surface area contributed by atoms with Gasteiger partial charge in [-0.25, -0.2) is 9.97 Å². The Morgan fingerprint density at radius 2 is 1.85 bits per heavy atom. The third-order valence-corrected chi connectivity index (χ3v) is 2.95. The third-order valence-electron chi connectivity index (χ3n) is 2.76. The summed E-state index contributed by atoms with van der Waals surface area (Å²) >= 11 is 5.59. The summed E-state index contributed by atoms with van der Waals surface area (Å²) in [6.07, 6.45) is -1.63. The summed E-state index contributed by atoms with van der Waals surface area (Å²) in [6, 6.07) is 1.33. The Balaban J connectivity index is 2.65. The molecule has 3 nitrogen and oxygen atoms in total. The minimum atomic E-state index is -4.60. The second-order valence-corrected chi connectivity index (χ2v) is 5.65. The van der Waals surface area contributed by atoms with Crippen molar-refractivity contribution in [2.75, 3.05) is 5.32 Å². The number of rotatable bonds is 6. The van der Waals surface area contributed by atoms with Gasteiger partial charge in [0.1, 0.15) is 11.0 Å². The Hall–Kier alpha value is -1.04. The average Bonchev–Trinajstić information content (AvgIpc) is 2.26. The van der Waals surface area contributed by atoms with Crippen molar-refractivity contribution >= 4 is 17.4 Å². The molecule has 1 aromatic rings. The maximum Gasteiger partial charge on any atom is 0.451 e. The van der Waals surface area contributed by atoms with E-state index in [9.17, 15) is 13.2 Å². The molecule has 0 aromatic carbocycles. The molecule has 114 valence electrons. The molecule has 1 atom stereocenters. The van der Waals surface area contributed by atoms with Crippen LogP contribution in [0.3, 0.4) is 0 Å². The maximum atomic E-state index is 12.6. The predicted octanol–water partition coefficient (Wildman–Crippen LogP) is 4.78. The summed E-state index contributed by atoms with van der Waals surface area (Å²) < 4.78 is 37.7. The van der Waals surface area contributed by atoms with Crippen LogP contribution >= 0.6 is 11.6 Å². The van der Waals surface area contributed by atoms with Crippen molar-refractivity contribution in [1.82, 2.24) is 9.97 Å². The van der Waals surface area contributed by atoms with Gasteiger partial charge >= 0.3 is 6.18 Å². The summed E-state index contributed by atoms with van der Waals surface area (Å²) in [6.45, 7) is 6.18. The number of alkyl halides is 3. The number of hydrogen-bond acceptors (Lipinski definition) is 3. The first-order valence-electron chi connectivity index (χ1n) is 6.56. The van der Waals surface area contributed by atoms with E-state index in [2.05, 4.69) is 29.1 Å². The minimum Gasteiger partial charge on any atom is -0.367 e. The topological polar surface area (TPSA) is 37.8 Å². The molecule has 20 heavy (non-hydrogen) atoms. The van der Waals surface area contributed by atoms with E-state index in [1.165, 1.54) is 6.07 Å². The number of nitrogens with zero attached hydrogens (tertiary/aromatic N) is 2. The highest BCUT2D eigenvalue weighted by Crippen LogP contribution is 2.28. The van der Waals surface area contributed by atoms with Gasteiger partial charge in [-0.15, -0.1) is 0 Å². The molecule has 0 saturated heterocycles. The summed E-state index contributed by atoms with van der Waals surface area (Å²) in [4.78, 5) is 6.64. The Kier molecular flexibility index (Phi) is 6.05. The number of hydrogen-bond donors (Lipinski definition) is 1. The molecular formula is C13H19ClF3N3. The van der Waals surface area contributed by atoms with Crippen LogP contribution in [0.1, 0.15) is 45.9 Å². The monoisotopic (exact) mass is 309 g/mol. The van der Waals surface area contributed by atoms with Gasteiger partial charge in [-0.3, -0.25) is 0 Å². The third kappa shape index (κ3) is 5.94. The van der Waals surface area contributed by atoms with E-state index in [0.717, 1.165) is 19.3 Å². The SMILES string of the molecule is CC(C)CCCC(C)Nc1cc(Cl)nc(C(F)(F)F)n1. The van der Waals surface area contributed by atoms with Crippen LogP contribution in [-0.2, 0) is 6.18 Å². The van der Waals surface area contributed by atoms with Gasteiger partial charge in [-0.1, -0.05) is 38.3 Å². The van der Waals surface area contributed by atoms with Crippen LogP contribution in [0.15, 0.2) is 6.07 Å². The van der Waals surface area contributed by atoms with Crippen LogP contribution in [0.2, 0.25) is 5.15 Å². The van der Waals surface area contributed by atoms with Crippen molar-refractivity contribution < 1.29 is 13.2 Å². The predicted molar refractivity (Wildman–Crippen MR) is 73.8 cm³/mol. The van der Waals surface area contributed by atoms with Crippen LogP contribution < -0.4 is 5.32 Å². The largest absolute Gasteiger partial charge is 0.451 e. The fourth-order valence-electron chi connectivity index (χ4n) is 1.78. The summed E-state index contributed by atoms with van der Waals surface area (Å²) in [5.74, 6) is -0.497. The van der Waals surface area contributed by atoms with Gasteiger partial charge in [0.2, 0.25) is 5.82 Å². The molecule has 1 heterocycles. The molecule has 0 aliphatic carbocycles. The quantitative estimate of drug-likeness (QED) is 0.769. The molecule has 0 amide bonds. The smallest absolute Gasteiger partial charge is 0.367 e. The zero-order valence-corrected chi connectivity index (χ0v) is 12.5. The van der Waals surface area contributed by atoms with Crippen molar-refractivity contribution in [2.24, 2.45) is 5.92 Å². The fraction of sp³-hybridized carbons (Fsp3) is 0.692. The lowest BCUT2D eigenvalue weighted by molar-refractivity contribution is -0.144. The molecular weight excluding hydrogens is 291 g/mol. The van der Waals surface area contributed by atoms with E-state index in [1.807, 2.05) is 6.92 Å². The van der Waals surface area contributed by atoms with Gasteiger partial charge in [0, 0.05) is 12.1 Å². The van der Waals surface area contributed by atoms with Crippen LogP contribution in [0.4, 0.5) is 19.0 Å². The van der Waals surface area contributed by atoms with Crippen molar-refractivity contribution in [3.05, 3.63) is 17.0 Å². The Bertz CT molecular complexity index is 435. The molecule has 1 N–H and O–H groups in total. The van der Waals surface area contributed by atoms with E-state index in [-0.39, 0.29) is 17.0 Å². The molecule has 0 saturated carbocycles. The van der Waals surface area contributed by atoms with Crippen LogP contribution in [-0.4, -0.2) is 16.0 Å². The number of nitrogens with one attached hydrogen (secondary N) is 1. The summed E-state index contributed by atoms with van der Waals surface area (Å²) in [7, 11) is 0. The van der Waals surface area contributed by atoms with Gasteiger partial charge in [-0.05, 0) is 19.3 Å². The minimum absolute atomic E-state index is 0.0285. The van der Waals surface area contributed by atoms with Gasteiger partial charge in [0.15, 0.2) is 0 Å². The lowest BCUT2D eigenvalue weighted by Gasteiger charge is -2.16. The molecule has 0 radical (unpaired) electrons. The average molecular weight is 310 g/mol. The fourth-order valence-corrected chi connectivity index (χ4v) is 1.96. The zero-order chi connectivity index (χ0) is 15.3. The molecule has 0 aliphatic heterocycles. The number of halogens is 4. The van der Waals surface area contributed by atoms with Crippen molar-refractivity contribution in [1.29, 1.82) is 0 Å². The Morgan fingerprint density at radius 3 is 2.40 bits per heavy atom. The first-order valence-corrected chi connectivity index (χ1v) is 6.94. The van der Waals surface area contributed by atoms with Crippen molar-refractivity contribution in [3.63, 3.8) is 0 Å². The Labute approximate surface area is 122 Å². The van der Waals surface area contributed by atoms with E-state index in [1.54, 1.807) is 0 Å². The van der Waals surface area contributed by atoms with E-state index < -0.39 is 12.0 Å². The lowest BCUT2D eigenvalue weighted by atomic mass is 10.0. The first-order chi connectivity index (χ1) is 9.18. The van der Waals surface area contributed by atoms with E-state index in [0.29, 0.717) is 5.92 Å². The molecule has 0 bridgehead atoms. The highest BCUT2D eigenvalue weighted by molar-refractivity contribution is 6.29. The molecule has 0 spiro atoms. The molecule has 1 unspecified atom stereocenters. The zero-order valence-electron chi connectivity index (χ0n) is 11.8. The standard InChI is InChI=1S/C13H19ClF3N3/c1-8(2)5-4-6-9(3)18-11-7-10(14)19-12(20-11)13(15,16)17/h7-9H,4-6H2,1-3H3,(H,18,19,20). The van der Waals surface area contributed by atoms with Gasteiger partial charge < -0.3 is 5.32 Å². The second-order valence-electron chi connectivity index (χ2n) is 5.27. The van der Waals surface area contributed by atoms with E-state index >= 15 is 0 Å². The first kappa shape index (κ1) is 17.0. The lowest BCUT2D eigenvalue weighted by Crippen LogP contribution is -2.19. The van der Waals surface area contributed by atoms with Gasteiger partial charge in [0.25, 0.3) is 0 Å². The number of anilines is 1.